The van der Waals surface area contributed by atoms with Gasteiger partial charge in [-0.05, 0) is 13.8 Å². The summed E-state index contributed by atoms with van der Waals surface area (Å²) in [6, 6.07) is 0. The maximum absolute atomic E-state index is 11.8. The van der Waals surface area contributed by atoms with Crippen LogP contribution in [0.3, 0.4) is 0 Å². The van der Waals surface area contributed by atoms with Gasteiger partial charge in [0.25, 0.3) is 0 Å². The van der Waals surface area contributed by atoms with E-state index in [4.69, 9.17) is 11.6 Å². The first-order valence-electron chi connectivity index (χ1n) is 6.06. The number of hydrogen-bond acceptors (Lipinski definition) is 3. The summed E-state index contributed by atoms with van der Waals surface area (Å²) in [7, 11) is 0. The fourth-order valence-electron chi connectivity index (χ4n) is 1.65. The van der Waals surface area contributed by atoms with E-state index in [-0.39, 0.29) is 12.5 Å². The van der Waals surface area contributed by atoms with Crippen LogP contribution in [0.15, 0.2) is 18.6 Å². The lowest BCUT2D eigenvalue weighted by molar-refractivity contribution is -0.122. The number of amides is 1. The van der Waals surface area contributed by atoms with E-state index in [1.165, 1.54) is 6.20 Å². The summed E-state index contributed by atoms with van der Waals surface area (Å²) in [5.41, 5.74) is 1.76. The van der Waals surface area contributed by atoms with Crippen molar-refractivity contribution in [3.05, 3.63) is 34.9 Å². The lowest BCUT2D eigenvalue weighted by Crippen LogP contribution is -2.27. The zero-order valence-corrected chi connectivity index (χ0v) is 11.7. The van der Waals surface area contributed by atoms with Crippen LogP contribution in [0.5, 0.6) is 0 Å². The zero-order chi connectivity index (χ0) is 13.8. The second kappa shape index (κ2) is 5.88. The van der Waals surface area contributed by atoms with Crippen molar-refractivity contribution in [2.24, 2.45) is 0 Å². The molecule has 2 rings (SSSR count). The molecule has 0 aliphatic carbocycles. The van der Waals surface area contributed by atoms with E-state index < -0.39 is 0 Å². The van der Waals surface area contributed by atoms with Gasteiger partial charge in [0.15, 0.2) is 0 Å². The van der Waals surface area contributed by atoms with Crippen LogP contribution in [-0.2, 0) is 24.4 Å². The topological polar surface area (TPSA) is 64.7 Å². The highest BCUT2D eigenvalue weighted by Crippen LogP contribution is 2.12. The molecule has 1 N–H and O–H groups in total. The minimum absolute atomic E-state index is 0.105. The van der Waals surface area contributed by atoms with Gasteiger partial charge in [0.2, 0.25) is 5.91 Å². The largest absolute Gasteiger partial charge is 0.350 e. The number of hydrogen-bond donors (Lipinski definition) is 1. The van der Waals surface area contributed by atoms with E-state index in [2.05, 4.69) is 15.5 Å². The Balaban J connectivity index is 1.86. The Hall–Kier alpha value is -1.82. The molecule has 0 radical (unpaired) electrons. The molecule has 0 saturated heterocycles. The third-order valence-electron chi connectivity index (χ3n) is 2.84. The minimum Gasteiger partial charge on any atom is -0.350 e. The molecule has 0 aromatic carbocycles. The summed E-state index contributed by atoms with van der Waals surface area (Å²) >= 11 is 5.88. The number of aryl methyl sites for hydroxylation is 1. The predicted molar refractivity (Wildman–Crippen MR) is 71.7 cm³/mol. The highest BCUT2D eigenvalue weighted by atomic mass is 35.5. The first-order valence-corrected chi connectivity index (χ1v) is 6.44. The van der Waals surface area contributed by atoms with Crippen LogP contribution in [-0.4, -0.2) is 25.5 Å². The summed E-state index contributed by atoms with van der Waals surface area (Å²) in [6.45, 7) is 5.29. The van der Waals surface area contributed by atoms with Crippen LogP contribution in [0.4, 0.5) is 0 Å². The second-order valence-corrected chi connectivity index (χ2v) is 4.62. The Morgan fingerprint density at radius 2 is 2.21 bits per heavy atom. The van der Waals surface area contributed by atoms with Gasteiger partial charge in [-0.25, -0.2) is 0 Å². The molecule has 102 valence electrons. The molecule has 2 aromatic rings. The molecule has 2 aromatic heterocycles. The predicted octanol–water partition coefficient (Wildman–Crippen LogP) is 1.38. The van der Waals surface area contributed by atoms with Gasteiger partial charge < -0.3 is 5.32 Å². The average Bonchev–Trinajstić information content (AvgIpc) is 2.98. The maximum Gasteiger partial charge on any atom is 0.242 e. The average molecular weight is 282 g/mol. The third-order valence-corrected chi connectivity index (χ3v) is 3.21. The number of carbonyl (C=O) groups excluding carboxylic acids is 1. The van der Waals surface area contributed by atoms with Crippen LogP contribution in [0.25, 0.3) is 0 Å². The van der Waals surface area contributed by atoms with Crippen molar-refractivity contribution in [2.45, 2.75) is 33.5 Å². The van der Waals surface area contributed by atoms with E-state index in [1.807, 2.05) is 24.7 Å². The molecular weight excluding hydrogens is 266 g/mol. The van der Waals surface area contributed by atoms with E-state index in [1.54, 1.807) is 10.9 Å². The molecule has 0 aliphatic rings. The summed E-state index contributed by atoms with van der Waals surface area (Å²) in [5, 5.41) is 11.6. The second-order valence-electron chi connectivity index (χ2n) is 4.22. The molecule has 0 aliphatic heterocycles. The minimum atomic E-state index is -0.105. The molecule has 0 fully saturated rings. The van der Waals surface area contributed by atoms with Crippen LogP contribution in [0.2, 0.25) is 5.02 Å². The Kier molecular flexibility index (Phi) is 4.21. The summed E-state index contributed by atoms with van der Waals surface area (Å²) in [5.74, 6) is -0.105. The highest BCUT2D eigenvalue weighted by molar-refractivity contribution is 6.31. The van der Waals surface area contributed by atoms with Gasteiger partial charge in [-0.3, -0.25) is 14.2 Å². The smallest absolute Gasteiger partial charge is 0.242 e. The Morgan fingerprint density at radius 3 is 2.79 bits per heavy atom. The van der Waals surface area contributed by atoms with Gasteiger partial charge in [0.05, 0.1) is 23.1 Å². The third kappa shape index (κ3) is 3.35. The number of aromatic nitrogens is 4. The normalized spacial score (nSPS) is 10.7. The molecule has 0 spiro atoms. The number of rotatable bonds is 5. The van der Waals surface area contributed by atoms with Crippen molar-refractivity contribution in [2.75, 3.05) is 0 Å². The fraction of sp³-hybridized carbons (Fsp3) is 0.417. The molecule has 1 amide bonds. The van der Waals surface area contributed by atoms with Crippen molar-refractivity contribution in [1.29, 1.82) is 0 Å². The summed E-state index contributed by atoms with van der Waals surface area (Å²) in [6.07, 6.45) is 5.20. The Labute approximate surface area is 116 Å². The van der Waals surface area contributed by atoms with Crippen molar-refractivity contribution >= 4 is 17.5 Å². The first-order chi connectivity index (χ1) is 9.10. The Bertz CT molecular complexity index is 574. The number of halogens is 1. The Morgan fingerprint density at radius 1 is 1.42 bits per heavy atom. The zero-order valence-electron chi connectivity index (χ0n) is 10.9. The molecule has 0 saturated carbocycles. The van der Waals surface area contributed by atoms with E-state index in [0.717, 1.165) is 17.8 Å². The number of nitrogens with one attached hydrogen (secondary N) is 1. The van der Waals surface area contributed by atoms with Gasteiger partial charge in [0.1, 0.15) is 6.54 Å². The van der Waals surface area contributed by atoms with Crippen LogP contribution in [0, 0.1) is 6.92 Å². The molecule has 0 atom stereocenters. The van der Waals surface area contributed by atoms with Gasteiger partial charge in [-0.2, -0.15) is 10.2 Å². The first kappa shape index (κ1) is 13.6. The monoisotopic (exact) mass is 281 g/mol. The number of nitrogens with zero attached hydrogens (tertiary/aromatic N) is 4. The van der Waals surface area contributed by atoms with Gasteiger partial charge in [-0.1, -0.05) is 11.6 Å². The summed E-state index contributed by atoms with van der Waals surface area (Å²) in [4.78, 5) is 11.8. The molecule has 7 heteroatoms. The lowest BCUT2D eigenvalue weighted by Gasteiger charge is -2.05. The lowest BCUT2D eigenvalue weighted by atomic mass is 10.3. The van der Waals surface area contributed by atoms with E-state index in [0.29, 0.717) is 11.6 Å². The van der Waals surface area contributed by atoms with Crippen molar-refractivity contribution in [3.8, 4) is 0 Å². The SMILES string of the molecule is CCn1cc(CNC(=O)Cn2ncc(Cl)c2C)cn1. The fourth-order valence-corrected chi connectivity index (χ4v) is 1.79. The van der Waals surface area contributed by atoms with Gasteiger partial charge in [-0.15, -0.1) is 0 Å². The molecule has 0 bridgehead atoms. The summed E-state index contributed by atoms with van der Waals surface area (Å²) < 4.78 is 3.39. The molecule has 2 heterocycles. The van der Waals surface area contributed by atoms with Crippen molar-refractivity contribution in [1.82, 2.24) is 24.9 Å². The van der Waals surface area contributed by atoms with Gasteiger partial charge >= 0.3 is 0 Å². The van der Waals surface area contributed by atoms with Gasteiger partial charge in [0, 0.05) is 24.8 Å². The molecule has 19 heavy (non-hydrogen) atoms. The van der Waals surface area contributed by atoms with Crippen LogP contribution >= 0.6 is 11.6 Å². The molecule has 6 nitrogen and oxygen atoms in total. The highest BCUT2D eigenvalue weighted by Gasteiger charge is 2.08. The maximum atomic E-state index is 11.8. The number of carbonyl (C=O) groups is 1. The quantitative estimate of drug-likeness (QED) is 0.900. The molecule has 0 unspecified atom stereocenters. The van der Waals surface area contributed by atoms with Crippen molar-refractivity contribution in [3.63, 3.8) is 0 Å². The van der Waals surface area contributed by atoms with E-state index >= 15 is 0 Å². The van der Waals surface area contributed by atoms with Crippen LogP contribution < -0.4 is 5.32 Å². The van der Waals surface area contributed by atoms with E-state index in [9.17, 15) is 4.79 Å². The standard InChI is InChI=1S/C12H16ClN5O/c1-3-17-7-10(5-15-17)4-14-12(19)8-18-9(2)11(13)6-16-18/h5-7H,3-4,8H2,1-2H3,(H,14,19). The van der Waals surface area contributed by atoms with Crippen LogP contribution in [0.1, 0.15) is 18.2 Å². The van der Waals surface area contributed by atoms with Crippen molar-refractivity contribution < 1.29 is 4.79 Å². The molecular formula is C12H16ClN5O.